The van der Waals surface area contributed by atoms with Crippen molar-refractivity contribution in [3.63, 3.8) is 0 Å². The third-order valence-electron chi connectivity index (χ3n) is 2.44. The molecule has 0 heterocycles. The summed E-state index contributed by atoms with van der Waals surface area (Å²) in [5, 5.41) is 7.23. The Morgan fingerprint density at radius 3 is 2.60 bits per heavy atom. The molecule has 0 amide bonds. The van der Waals surface area contributed by atoms with Crippen molar-refractivity contribution in [1.82, 2.24) is 10.6 Å². The van der Waals surface area contributed by atoms with Crippen LogP contribution >= 0.6 is 23.4 Å². The normalized spacial score (nSPS) is 11.4. The number of hydrogen-bond acceptors (Lipinski definition) is 3. The lowest BCUT2D eigenvalue weighted by molar-refractivity contribution is 0.152. The van der Waals surface area contributed by atoms with Crippen molar-refractivity contribution in [3.8, 4) is 0 Å². The molecule has 0 aromatic heterocycles. The average molecular weight is 316 g/mol. The Morgan fingerprint density at radius 1 is 1.25 bits per heavy atom. The number of benzene rings is 1. The molecule has 0 spiro atoms. The Balaban J connectivity index is 2.13. The van der Waals surface area contributed by atoms with Gasteiger partial charge in [-0.2, -0.15) is 0 Å². The van der Waals surface area contributed by atoms with E-state index in [1.165, 1.54) is 4.90 Å². The molecule has 0 bridgehead atoms. The lowest BCUT2D eigenvalue weighted by atomic mass is 10.4. The van der Waals surface area contributed by atoms with E-state index in [-0.39, 0.29) is 0 Å². The lowest BCUT2D eigenvalue weighted by Crippen LogP contribution is -2.39. The molecular formula is C14H22ClN3OS. The molecule has 0 atom stereocenters. The Hall–Kier alpha value is -0.910. The van der Waals surface area contributed by atoms with E-state index in [1.54, 1.807) is 18.8 Å². The van der Waals surface area contributed by atoms with Gasteiger partial charge < -0.3 is 15.4 Å². The smallest absolute Gasteiger partial charge is 0.191 e. The van der Waals surface area contributed by atoms with Crippen LogP contribution < -0.4 is 10.6 Å². The number of nitrogens with zero attached hydrogens (tertiary/aromatic N) is 1. The van der Waals surface area contributed by atoms with Gasteiger partial charge in [0.15, 0.2) is 5.96 Å². The molecule has 0 aliphatic heterocycles. The van der Waals surface area contributed by atoms with E-state index >= 15 is 0 Å². The van der Waals surface area contributed by atoms with Gasteiger partial charge in [-0.05, 0) is 31.2 Å². The molecule has 1 aromatic carbocycles. The van der Waals surface area contributed by atoms with Gasteiger partial charge in [-0.3, -0.25) is 4.99 Å². The molecular weight excluding hydrogens is 294 g/mol. The van der Waals surface area contributed by atoms with Gasteiger partial charge in [-0.25, -0.2) is 0 Å². The first-order valence-electron chi connectivity index (χ1n) is 6.67. The maximum atomic E-state index is 5.85. The van der Waals surface area contributed by atoms with Crippen LogP contribution in [0.3, 0.4) is 0 Å². The highest BCUT2D eigenvalue weighted by Gasteiger charge is 1.98. The van der Waals surface area contributed by atoms with Crippen LogP contribution in [0.5, 0.6) is 0 Å². The molecule has 0 radical (unpaired) electrons. The summed E-state index contributed by atoms with van der Waals surface area (Å²) >= 11 is 7.63. The Morgan fingerprint density at radius 2 is 1.95 bits per heavy atom. The number of guanidine groups is 1. The summed E-state index contributed by atoms with van der Waals surface area (Å²) in [7, 11) is 1.77. The number of nitrogens with one attached hydrogen (secondary N) is 2. The molecule has 0 unspecified atom stereocenters. The second-order valence-corrected chi connectivity index (χ2v) is 5.53. The van der Waals surface area contributed by atoms with Crippen molar-refractivity contribution in [2.24, 2.45) is 4.99 Å². The monoisotopic (exact) mass is 315 g/mol. The SMILES string of the molecule is CCOCCNC(=NC)NCCSc1ccc(Cl)cc1. The highest BCUT2D eigenvalue weighted by molar-refractivity contribution is 7.99. The lowest BCUT2D eigenvalue weighted by Gasteiger charge is -2.11. The molecule has 6 heteroatoms. The van der Waals surface area contributed by atoms with Gasteiger partial charge in [0.25, 0.3) is 0 Å². The fourth-order valence-electron chi connectivity index (χ4n) is 1.48. The maximum absolute atomic E-state index is 5.85. The molecule has 20 heavy (non-hydrogen) atoms. The Bertz CT molecular complexity index is 398. The largest absolute Gasteiger partial charge is 0.380 e. The fraction of sp³-hybridized carbons (Fsp3) is 0.500. The minimum absolute atomic E-state index is 0.691. The van der Waals surface area contributed by atoms with Crippen LogP contribution in [0.15, 0.2) is 34.2 Å². The molecule has 1 rings (SSSR count). The predicted octanol–water partition coefficient (Wildman–Crippen LogP) is 2.63. The molecule has 0 fully saturated rings. The van der Waals surface area contributed by atoms with Crippen molar-refractivity contribution in [2.45, 2.75) is 11.8 Å². The van der Waals surface area contributed by atoms with Gasteiger partial charge in [0.05, 0.1) is 6.61 Å². The third kappa shape index (κ3) is 7.62. The van der Waals surface area contributed by atoms with Crippen LogP contribution in [0, 0.1) is 0 Å². The summed E-state index contributed by atoms with van der Waals surface area (Å²) in [6.07, 6.45) is 0. The van der Waals surface area contributed by atoms with Crippen LogP contribution in [0.4, 0.5) is 0 Å². The number of aliphatic imine (C=N–C) groups is 1. The first-order valence-corrected chi connectivity index (χ1v) is 8.03. The van der Waals surface area contributed by atoms with Gasteiger partial charge >= 0.3 is 0 Å². The van der Waals surface area contributed by atoms with E-state index in [0.717, 1.165) is 36.4 Å². The summed E-state index contributed by atoms with van der Waals surface area (Å²) in [5.74, 6) is 1.77. The van der Waals surface area contributed by atoms with Crippen molar-refractivity contribution in [1.29, 1.82) is 0 Å². The molecule has 2 N–H and O–H groups in total. The van der Waals surface area contributed by atoms with Crippen LogP contribution in [0.2, 0.25) is 5.02 Å². The van der Waals surface area contributed by atoms with Crippen molar-refractivity contribution in [3.05, 3.63) is 29.3 Å². The first kappa shape index (κ1) is 17.1. The minimum Gasteiger partial charge on any atom is -0.380 e. The topological polar surface area (TPSA) is 45.6 Å². The molecule has 4 nitrogen and oxygen atoms in total. The fourth-order valence-corrected chi connectivity index (χ4v) is 2.37. The second-order valence-electron chi connectivity index (χ2n) is 3.93. The van der Waals surface area contributed by atoms with Crippen molar-refractivity contribution in [2.75, 3.05) is 39.1 Å². The highest BCUT2D eigenvalue weighted by Crippen LogP contribution is 2.19. The summed E-state index contributed by atoms with van der Waals surface area (Å²) in [5.41, 5.74) is 0. The third-order valence-corrected chi connectivity index (χ3v) is 3.71. The van der Waals surface area contributed by atoms with Gasteiger partial charge in [-0.15, -0.1) is 11.8 Å². The number of rotatable bonds is 8. The molecule has 0 saturated carbocycles. The highest BCUT2D eigenvalue weighted by atomic mass is 35.5. The molecule has 1 aromatic rings. The summed E-state index contributed by atoms with van der Waals surface area (Å²) in [4.78, 5) is 5.37. The van der Waals surface area contributed by atoms with Crippen molar-refractivity contribution >= 4 is 29.3 Å². The number of halogens is 1. The number of thioether (sulfide) groups is 1. The van der Waals surface area contributed by atoms with Crippen molar-refractivity contribution < 1.29 is 4.74 Å². The zero-order valence-corrected chi connectivity index (χ0v) is 13.6. The van der Waals surface area contributed by atoms with E-state index < -0.39 is 0 Å². The van der Waals surface area contributed by atoms with E-state index in [4.69, 9.17) is 16.3 Å². The standard InChI is InChI=1S/C14H22ClN3OS/c1-3-19-10-8-17-14(16-2)18-9-11-20-13-6-4-12(15)5-7-13/h4-7H,3,8-11H2,1-2H3,(H2,16,17,18). The molecule has 0 aliphatic carbocycles. The van der Waals surface area contributed by atoms with Crippen LogP contribution in [0.1, 0.15) is 6.92 Å². The molecule has 112 valence electrons. The van der Waals surface area contributed by atoms with Gasteiger partial charge in [0, 0.05) is 42.4 Å². The average Bonchev–Trinajstić information content (AvgIpc) is 2.47. The maximum Gasteiger partial charge on any atom is 0.191 e. The number of ether oxygens (including phenoxy) is 1. The minimum atomic E-state index is 0.691. The Labute approximate surface area is 130 Å². The van der Waals surface area contributed by atoms with Gasteiger partial charge in [0.1, 0.15) is 0 Å². The van der Waals surface area contributed by atoms with E-state index in [0.29, 0.717) is 6.61 Å². The summed E-state index contributed by atoms with van der Waals surface area (Å²) < 4.78 is 5.26. The van der Waals surface area contributed by atoms with Gasteiger partial charge in [0.2, 0.25) is 0 Å². The second kappa shape index (κ2) is 10.8. The predicted molar refractivity (Wildman–Crippen MR) is 88.0 cm³/mol. The van der Waals surface area contributed by atoms with Crippen LogP contribution in [-0.2, 0) is 4.74 Å². The zero-order valence-electron chi connectivity index (χ0n) is 12.0. The van der Waals surface area contributed by atoms with Gasteiger partial charge in [-0.1, -0.05) is 11.6 Å². The summed E-state index contributed by atoms with van der Waals surface area (Å²) in [6.45, 7) is 5.03. The quantitative estimate of drug-likeness (QED) is 0.335. The summed E-state index contributed by atoms with van der Waals surface area (Å²) in [6, 6.07) is 7.88. The zero-order chi connectivity index (χ0) is 14.6. The van der Waals surface area contributed by atoms with Crippen LogP contribution in [-0.4, -0.2) is 45.1 Å². The number of hydrogen-bond donors (Lipinski definition) is 2. The molecule has 0 saturated heterocycles. The van der Waals surface area contributed by atoms with E-state index in [1.807, 2.05) is 31.2 Å². The van der Waals surface area contributed by atoms with E-state index in [2.05, 4.69) is 15.6 Å². The van der Waals surface area contributed by atoms with Crippen LogP contribution in [0.25, 0.3) is 0 Å². The first-order chi connectivity index (χ1) is 9.76. The Kier molecular flexibility index (Phi) is 9.28. The molecule has 0 aliphatic rings. The van der Waals surface area contributed by atoms with E-state index in [9.17, 15) is 0 Å².